The average Bonchev–Trinajstić information content (AvgIpc) is 2.42. The molecule has 1 saturated heterocycles. The van der Waals surface area contributed by atoms with Gasteiger partial charge in [-0.25, -0.2) is 0 Å². The molecule has 0 saturated carbocycles. The first-order chi connectivity index (χ1) is 9.54. The van der Waals surface area contributed by atoms with Crippen molar-refractivity contribution in [1.29, 1.82) is 0 Å². The summed E-state index contributed by atoms with van der Waals surface area (Å²) in [5.41, 5.74) is 1.20. The zero-order chi connectivity index (χ0) is 14.5. The van der Waals surface area contributed by atoms with Gasteiger partial charge in [-0.15, -0.1) is 0 Å². The van der Waals surface area contributed by atoms with Crippen molar-refractivity contribution in [3.05, 3.63) is 29.8 Å². The number of morpholine rings is 1. The second-order valence-corrected chi connectivity index (χ2v) is 5.72. The third-order valence-corrected chi connectivity index (χ3v) is 3.65. The zero-order valence-electron chi connectivity index (χ0n) is 12.6. The van der Waals surface area contributed by atoms with E-state index in [2.05, 4.69) is 18.7 Å². The molecule has 1 N–H and O–H groups in total. The van der Waals surface area contributed by atoms with Crippen LogP contribution in [0.5, 0.6) is 5.75 Å². The third kappa shape index (κ3) is 4.47. The molecule has 1 aliphatic heterocycles. The van der Waals surface area contributed by atoms with E-state index in [9.17, 15) is 5.11 Å². The number of β-amino-alcohol motifs (C(OH)–C–C–N with tert-alkyl or cyclic N) is 1. The molecule has 20 heavy (non-hydrogen) atoms. The Bertz CT molecular complexity index is 407. The largest absolute Gasteiger partial charge is 0.491 e. The SMILES string of the molecule is Cc1ccc(OC[C@H](O)CN2C[C@@H](C)OC[C@H]2C)cc1. The Morgan fingerprint density at radius 1 is 1.35 bits per heavy atom. The van der Waals surface area contributed by atoms with Gasteiger partial charge in [0.05, 0.1) is 12.7 Å². The fourth-order valence-corrected chi connectivity index (χ4v) is 2.38. The van der Waals surface area contributed by atoms with Gasteiger partial charge in [-0.3, -0.25) is 4.90 Å². The van der Waals surface area contributed by atoms with Crippen molar-refractivity contribution in [3.8, 4) is 5.75 Å². The summed E-state index contributed by atoms with van der Waals surface area (Å²) in [5, 5.41) is 10.1. The Morgan fingerprint density at radius 2 is 2.05 bits per heavy atom. The van der Waals surface area contributed by atoms with Gasteiger partial charge in [-0.1, -0.05) is 17.7 Å². The molecule has 3 atom stereocenters. The number of hydrogen-bond acceptors (Lipinski definition) is 4. The number of aryl methyl sites for hydroxylation is 1. The van der Waals surface area contributed by atoms with Gasteiger partial charge in [0.25, 0.3) is 0 Å². The topological polar surface area (TPSA) is 41.9 Å². The smallest absolute Gasteiger partial charge is 0.119 e. The minimum Gasteiger partial charge on any atom is -0.491 e. The molecule has 0 unspecified atom stereocenters. The minimum atomic E-state index is -0.482. The summed E-state index contributed by atoms with van der Waals surface area (Å²) in [7, 11) is 0. The fraction of sp³-hybridized carbons (Fsp3) is 0.625. The summed E-state index contributed by atoms with van der Waals surface area (Å²) < 4.78 is 11.2. The van der Waals surface area contributed by atoms with E-state index < -0.39 is 6.10 Å². The summed E-state index contributed by atoms with van der Waals surface area (Å²) in [6.45, 7) is 8.77. The molecule has 0 amide bonds. The maximum Gasteiger partial charge on any atom is 0.119 e. The number of hydrogen-bond donors (Lipinski definition) is 1. The molecule has 1 aromatic rings. The van der Waals surface area contributed by atoms with Gasteiger partial charge in [-0.2, -0.15) is 0 Å². The van der Waals surface area contributed by atoms with Gasteiger partial charge < -0.3 is 14.6 Å². The Morgan fingerprint density at radius 3 is 2.75 bits per heavy atom. The maximum atomic E-state index is 10.1. The number of aliphatic hydroxyl groups excluding tert-OH is 1. The molecular weight excluding hydrogens is 254 g/mol. The van der Waals surface area contributed by atoms with Gasteiger partial charge in [-0.05, 0) is 32.9 Å². The monoisotopic (exact) mass is 279 g/mol. The maximum absolute atomic E-state index is 10.1. The van der Waals surface area contributed by atoms with E-state index in [-0.39, 0.29) is 6.10 Å². The Labute approximate surface area is 121 Å². The average molecular weight is 279 g/mol. The lowest BCUT2D eigenvalue weighted by molar-refractivity contribution is -0.0650. The van der Waals surface area contributed by atoms with Crippen LogP contribution >= 0.6 is 0 Å². The predicted octanol–water partition coefficient (Wildman–Crippen LogP) is 1.84. The summed E-state index contributed by atoms with van der Waals surface area (Å²) in [6, 6.07) is 8.23. The predicted molar refractivity (Wildman–Crippen MR) is 79.1 cm³/mol. The third-order valence-electron chi connectivity index (χ3n) is 3.65. The van der Waals surface area contributed by atoms with Crippen LogP contribution in [0, 0.1) is 6.92 Å². The van der Waals surface area contributed by atoms with E-state index in [4.69, 9.17) is 9.47 Å². The molecule has 4 heteroatoms. The fourth-order valence-electron chi connectivity index (χ4n) is 2.38. The van der Waals surface area contributed by atoms with Crippen molar-refractivity contribution >= 4 is 0 Å². The van der Waals surface area contributed by atoms with Crippen molar-refractivity contribution in [2.24, 2.45) is 0 Å². The summed E-state index contributed by atoms with van der Waals surface area (Å²) in [6.07, 6.45) is -0.250. The molecule has 0 spiro atoms. The van der Waals surface area contributed by atoms with Gasteiger partial charge in [0.1, 0.15) is 18.5 Å². The van der Waals surface area contributed by atoms with Crippen LogP contribution in [0.1, 0.15) is 19.4 Å². The summed E-state index contributed by atoms with van der Waals surface area (Å²) in [4.78, 5) is 2.26. The van der Waals surface area contributed by atoms with Crippen LogP contribution < -0.4 is 4.74 Å². The van der Waals surface area contributed by atoms with Crippen LogP contribution in [-0.4, -0.2) is 54.6 Å². The number of aliphatic hydroxyl groups is 1. The highest BCUT2D eigenvalue weighted by Gasteiger charge is 2.25. The van der Waals surface area contributed by atoms with Crippen LogP contribution in [0.3, 0.4) is 0 Å². The quantitative estimate of drug-likeness (QED) is 0.893. The number of ether oxygens (including phenoxy) is 2. The molecule has 1 aromatic carbocycles. The van der Waals surface area contributed by atoms with E-state index in [1.54, 1.807) is 0 Å². The van der Waals surface area contributed by atoms with Crippen LogP contribution in [0.2, 0.25) is 0 Å². The van der Waals surface area contributed by atoms with Gasteiger partial charge in [0.2, 0.25) is 0 Å². The molecular formula is C16H25NO3. The first kappa shape index (κ1) is 15.3. The number of nitrogens with zero attached hydrogens (tertiary/aromatic N) is 1. The molecule has 1 heterocycles. The highest BCUT2D eigenvalue weighted by molar-refractivity contribution is 5.26. The van der Waals surface area contributed by atoms with E-state index in [0.717, 1.165) is 18.9 Å². The molecule has 0 aliphatic carbocycles. The summed E-state index contributed by atoms with van der Waals surface area (Å²) >= 11 is 0. The van der Waals surface area contributed by atoms with Crippen molar-refractivity contribution < 1.29 is 14.6 Å². The normalized spacial score (nSPS) is 25.4. The van der Waals surface area contributed by atoms with E-state index in [0.29, 0.717) is 19.2 Å². The van der Waals surface area contributed by atoms with Crippen molar-refractivity contribution in [3.63, 3.8) is 0 Å². The van der Waals surface area contributed by atoms with E-state index in [1.807, 2.05) is 31.2 Å². The van der Waals surface area contributed by atoms with Crippen LogP contribution in [-0.2, 0) is 4.74 Å². The first-order valence-corrected chi connectivity index (χ1v) is 7.28. The second-order valence-electron chi connectivity index (χ2n) is 5.72. The van der Waals surface area contributed by atoms with Crippen molar-refractivity contribution in [1.82, 2.24) is 4.90 Å². The molecule has 112 valence electrons. The van der Waals surface area contributed by atoms with Gasteiger partial charge in [0.15, 0.2) is 0 Å². The van der Waals surface area contributed by atoms with E-state index in [1.165, 1.54) is 5.56 Å². The highest BCUT2D eigenvalue weighted by Crippen LogP contribution is 2.14. The minimum absolute atomic E-state index is 0.233. The highest BCUT2D eigenvalue weighted by atomic mass is 16.5. The van der Waals surface area contributed by atoms with Crippen LogP contribution in [0.4, 0.5) is 0 Å². The zero-order valence-corrected chi connectivity index (χ0v) is 12.6. The van der Waals surface area contributed by atoms with E-state index >= 15 is 0 Å². The molecule has 1 aliphatic rings. The Kier molecular flexibility index (Phi) is 5.40. The Hall–Kier alpha value is -1.10. The lowest BCUT2D eigenvalue weighted by Crippen LogP contribution is -2.50. The van der Waals surface area contributed by atoms with Crippen molar-refractivity contribution in [2.45, 2.75) is 39.0 Å². The molecule has 4 nitrogen and oxygen atoms in total. The lowest BCUT2D eigenvalue weighted by Gasteiger charge is -2.37. The number of benzene rings is 1. The molecule has 0 aromatic heterocycles. The first-order valence-electron chi connectivity index (χ1n) is 7.28. The van der Waals surface area contributed by atoms with Gasteiger partial charge >= 0.3 is 0 Å². The van der Waals surface area contributed by atoms with Crippen LogP contribution in [0.25, 0.3) is 0 Å². The molecule has 0 bridgehead atoms. The standard InChI is InChI=1S/C16H25NO3/c1-12-4-6-16(7-5-12)20-11-15(18)9-17-8-14(3)19-10-13(17)2/h4-7,13-15,18H,8-11H2,1-3H3/t13-,14-,15-/m1/s1. The number of rotatable bonds is 5. The van der Waals surface area contributed by atoms with Gasteiger partial charge in [0, 0.05) is 19.1 Å². The molecule has 0 radical (unpaired) electrons. The molecule has 2 rings (SSSR count). The second kappa shape index (κ2) is 7.07. The molecule has 1 fully saturated rings. The van der Waals surface area contributed by atoms with Crippen molar-refractivity contribution in [2.75, 3.05) is 26.3 Å². The summed E-state index contributed by atoms with van der Waals surface area (Å²) in [5.74, 6) is 0.804. The Balaban J connectivity index is 1.77. The van der Waals surface area contributed by atoms with Crippen LogP contribution in [0.15, 0.2) is 24.3 Å². The lowest BCUT2D eigenvalue weighted by atomic mass is 10.2.